The van der Waals surface area contributed by atoms with Crippen LogP contribution < -0.4 is 4.90 Å². The van der Waals surface area contributed by atoms with Crippen LogP contribution >= 0.6 is 11.6 Å². The second-order valence-corrected chi connectivity index (χ2v) is 9.35. The molecule has 8 nitrogen and oxygen atoms in total. The van der Waals surface area contributed by atoms with Gasteiger partial charge >= 0.3 is 12.1 Å². The number of ether oxygens (including phenoxy) is 2. The molecule has 2 heterocycles. The molecule has 2 aromatic rings. The minimum absolute atomic E-state index is 0.00733. The summed E-state index contributed by atoms with van der Waals surface area (Å²) in [5, 5.41) is 0.460. The fourth-order valence-electron chi connectivity index (χ4n) is 3.51. The topological polar surface area (TPSA) is 84.9 Å². The zero-order valence-corrected chi connectivity index (χ0v) is 20.4. The molecule has 0 spiro atoms. The van der Waals surface area contributed by atoms with Crippen LogP contribution in [-0.4, -0.2) is 65.3 Å². The third-order valence-corrected chi connectivity index (χ3v) is 5.52. The minimum Gasteiger partial charge on any atom is -0.453 e. The van der Waals surface area contributed by atoms with Gasteiger partial charge in [-0.2, -0.15) is 0 Å². The lowest BCUT2D eigenvalue weighted by atomic mass is 10.0. The Bertz CT molecular complexity index is 1100. The van der Waals surface area contributed by atoms with Crippen LogP contribution in [0.5, 0.6) is 0 Å². The van der Waals surface area contributed by atoms with Gasteiger partial charge in [0.15, 0.2) is 6.61 Å². The number of esters is 1. The van der Waals surface area contributed by atoms with Crippen LogP contribution in [0.25, 0.3) is 11.0 Å². The first-order valence-corrected chi connectivity index (χ1v) is 11.2. The van der Waals surface area contributed by atoms with Crippen molar-refractivity contribution in [1.82, 2.24) is 14.9 Å². The first-order chi connectivity index (χ1) is 15.5. The van der Waals surface area contributed by atoms with Crippen molar-refractivity contribution in [3.8, 4) is 11.8 Å². The summed E-state index contributed by atoms with van der Waals surface area (Å²) in [6, 6.07) is 3.64. The molecular formula is C24H29ClN4O4. The lowest BCUT2D eigenvalue weighted by Crippen LogP contribution is -2.47. The largest absolute Gasteiger partial charge is 0.453 e. The Balaban J connectivity index is 1.66. The van der Waals surface area contributed by atoms with E-state index in [1.54, 1.807) is 30.3 Å². The summed E-state index contributed by atoms with van der Waals surface area (Å²) < 4.78 is 10.3. The molecular weight excluding hydrogens is 444 g/mol. The van der Waals surface area contributed by atoms with E-state index in [-0.39, 0.29) is 24.7 Å². The summed E-state index contributed by atoms with van der Waals surface area (Å²) in [6.07, 6.45) is 3.07. The summed E-state index contributed by atoms with van der Waals surface area (Å²) in [6.45, 7) is 8.45. The van der Waals surface area contributed by atoms with Crippen LogP contribution in [0.1, 0.15) is 46.1 Å². The maximum absolute atomic E-state index is 12.4. The Morgan fingerprint density at radius 2 is 1.94 bits per heavy atom. The predicted octanol–water partition coefficient (Wildman–Crippen LogP) is 4.03. The summed E-state index contributed by atoms with van der Waals surface area (Å²) in [4.78, 5) is 36.3. The third-order valence-electron chi connectivity index (χ3n) is 5.21. The van der Waals surface area contributed by atoms with E-state index in [2.05, 4.69) is 21.7 Å². The number of carbonyl (C=O) groups is 2. The van der Waals surface area contributed by atoms with E-state index < -0.39 is 5.60 Å². The van der Waals surface area contributed by atoms with Gasteiger partial charge in [-0.3, -0.25) is 9.78 Å². The molecule has 0 N–H and O–H groups in total. The summed E-state index contributed by atoms with van der Waals surface area (Å²) in [5.74, 6) is 6.05. The molecule has 1 aromatic carbocycles. The molecule has 1 amide bonds. The molecule has 0 aliphatic carbocycles. The Kier molecular flexibility index (Phi) is 7.65. The van der Waals surface area contributed by atoms with Crippen LogP contribution in [0.2, 0.25) is 5.02 Å². The summed E-state index contributed by atoms with van der Waals surface area (Å²) >= 11 is 6.37. The molecule has 0 bridgehead atoms. The molecule has 0 unspecified atom stereocenters. The van der Waals surface area contributed by atoms with Gasteiger partial charge in [0.1, 0.15) is 11.4 Å². The van der Waals surface area contributed by atoms with E-state index in [1.165, 1.54) is 6.92 Å². The van der Waals surface area contributed by atoms with Gasteiger partial charge in [-0.1, -0.05) is 23.4 Å². The first kappa shape index (κ1) is 24.6. The molecule has 33 heavy (non-hydrogen) atoms. The van der Waals surface area contributed by atoms with Gasteiger partial charge in [0.25, 0.3) is 0 Å². The van der Waals surface area contributed by atoms with Crippen molar-refractivity contribution in [2.45, 2.75) is 52.2 Å². The molecule has 0 saturated carbocycles. The summed E-state index contributed by atoms with van der Waals surface area (Å²) in [5.41, 5.74) is 1.45. The van der Waals surface area contributed by atoms with Gasteiger partial charge in [0.2, 0.25) is 0 Å². The van der Waals surface area contributed by atoms with Crippen molar-refractivity contribution >= 4 is 40.5 Å². The van der Waals surface area contributed by atoms with Gasteiger partial charge in [0, 0.05) is 38.7 Å². The van der Waals surface area contributed by atoms with Crippen molar-refractivity contribution in [2.75, 3.05) is 31.6 Å². The zero-order chi connectivity index (χ0) is 24.2. The van der Waals surface area contributed by atoms with E-state index in [0.717, 1.165) is 31.7 Å². The highest BCUT2D eigenvalue weighted by Crippen LogP contribution is 2.26. The number of benzene rings is 1. The number of aromatic nitrogens is 2. The number of fused-ring (bicyclic) bond motifs is 1. The molecule has 0 radical (unpaired) electrons. The Hall–Kier alpha value is -3.05. The Morgan fingerprint density at radius 3 is 2.58 bits per heavy atom. The summed E-state index contributed by atoms with van der Waals surface area (Å²) in [7, 11) is 1.79. The van der Waals surface area contributed by atoms with Gasteiger partial charge in [-0.25, -0.2) is 9.78 Å². The lowest BCUT2D eigenvalue weighted by molar-refractivity contribution is -0.139. The fraction of sp³-hybridized carbons (Fsp3) is 0.500. The predicted molar refractivity (Wildman–Crippen MR) is 127 cm³/mol. The number of rotatable bonds is 3. The second-order valence-electron chi connectivity index (χ2n) is 8.94. The number of hydrogen-bond donors (Lipinski definition) is 0. The molecule has 1 aliphatic rings. The standard InChI is InChI=1S/C24H29ClN4O4/c1-16(30)32-12-6-7-17-13-20-21(14-19(17)25)27-22(15-26-20)29-10-8-18(9-11-29)28(5)23(31)33-24(2,3)4/h13-15,18H,8-12H2,1-5H3. The van der Waals surface area contributed by atoms with Crippen LogP contribution in [0.15, 0.2) is 18.3 Å². The smallest absolute Gasteiger partial charge is 0.410 e. The normalized spacial score (nSPS) is 14.4. The Labute approximate surface area is 199 Å². The highest BCUT2D eigenvalue weighted by Gasteiger charge is 2.29. The van der Waals surface area contributed by atoms with Gasteiger partial charge in [-0.15, -0.1) is 0 Å². The van der Waals surface area contributed by atoms with Crippen molar-refractivity contribution in [3.05, 3.63) is 28.9 Å². The van der Waals surface area contributed by atoms with Crippen molar-refractivity contribution in [2.24, 2.45) is 0 Å². The van der Waals surface area contributed by atoms with Crippen LogP contribution in [-0.2, 0) is 14.3 Å². The fourth-order valence-corrected chi connectivity index (χ4v) is 3.71. The monoisotopic (exact) mass is 472 g/mol. The number of anilines is 1. The van der Waals surface area contributed by atoms with Crippen molar-refractivity contribution < 1.29 is 19.1 Å². The van der Waals surface area contributed by atoms with Crippen molar-refractivity contribution in [3.63, 3.8) is 0 Å². The molecule has 1 saturated heterocycles. The van der Waals surface area contributed by atoms with Crippen LogP contribution in [0.3, 0.4) is 0 Å². The van der Waals surface area contributed by atoms with E-state index >= 15 is 0 Å². The molecule has 1 aromatic heterocycles. The third kappa shape index (κ3) is 6.72. The average Bonchev–Trinajstić information content (AvgIpc) is 2.75. The zero-order valence-electron chi connectivity index (χ0n) is 19.6. The van der Waals surface area contributed by atoms with E-state index in [0.29, 0.717) is 21.6 Å². The molecule has 0 atom stereocenters. The quantitative estimate of drug-likeness (QED) is 0.492. The number of amides is 1. The first-order valence-electron chi connectivity index (χ1n) is 10.8. The molecule has 9 heteroatoms. The highest BCUT2D eigenvalue weighted by atomic mass is 35.5. The van der Waals surface area contributed by atoms with Gasteiger partial charge < -0.3 is 19.3 Å². The average molecular weight is 473 g/mol. The highest BCUT2D eigenvalue weighted by molar-refractivity contribution is 6.32. The number of halogens is 1. The van der Waals surface area contributed by atoms with Gasteiger partial charge in [0.05, 0.1) is 22.3 Å². The number of nitrogens with zero attached hydrogens (tertiary/aromatic N) is 4. The van der Waals surface area contributed by atoms with E-state index in [9.17, 15) is 9.59 Å². The Morgan fingerprint density at radius 1 is 1.24 bits per heavy atom. The molecule has 1 fully saturated rings. The maximum atomic E-state index is 12.4. The number of carbonyl (C=O) groups excluding carboxylic acids is 2. The lowest BCUT2D eigenvalue weighted by Gasteiger charge is -2.37. The SMILES string of the molecule is CC(=O)OCC#Cc1cc2ncc(N3CCC(N(C)C(=O)OC(C)(C)C)CC3)nc2cc1Cl. The van der Waals surface area contributed by atoms with E-state index in [4.69, 9.17) is 26.1 Å². The van der Waals surface area contributed by atoms with Crippen LogP contribution in [0.4, 0.5) is 10.6 Å². The van der Waals surface area contributed by atoms with Crippen LogP contribution in [0, 0.1) is 11.8 Å². The van der Waals surface area contributed by atoms with E-state index in [1.807, 2.05) is 20.8 Å². The number of hydrogen-bond acceptors (Lipinski definition) is 7. The van der Waals surface area contributed by atoms with Gasteiger partial charge in [-0.05, 0) is 45.7 Å². The second kappa shape index (κ2) is 10.3. The number of piperidine rings is 1. The molecule has 3 rings (SSSR count). The minimum atomic E-state index is -0.512. The molecule has 1 aliphatic heterocycles. The molecule has 176 valence electrons. The maximum Gasteiger partial charge on any atom is 0.410 e. The van der Waals surface area contributed by atoms with Crippen molar-refractivity contribution in [1.29, 1.82) is 0 Å².